The van der Waals surface area contributed by atoms with Crippen LogP contribution in [0.25, 0.3) is 11.0 Å². The average molecular weight is 419 g/mol. The quantitative estimate of drug-likeness (QED) is 0.578. The fourth-order valence-corrected chi connectivity index (χ4v) is 3.65. The van der Waals surface area contributed by atoms with E-state index in [-0.39, 0.29) is 28.9 Å². The van der Waals surface area contributed by atoms with Crippen molar-refractivity contribution in [3.63, 3.8) is 0 Å². The number of para-hydroxylation sites is 1. The summed E-state index contributed by atoms with van der Waals surface area (Å²) in [7, 11) is 0. The van der Waals surface area contributed by atoms with Gasteiger partial charge in [-0.15, -0.1) is 0 Å². The summed E-state index contributed by atoms with van der Waals surface area (Å²) in [6.07, 6.45) is 3.39. The molecule has 3 aromatic rings. The molecule has 2 aromatic heterocycles. The Labute approximate surface area is 180 Å². The summed E-state index contributed by atoms with van der Waals surface area (Å²) in [4.78, 5) is 25.9. The van der Waals surface area contributed by atoms with Gasteiger partial charge in [-0.2, -0.15) is 5.26 Å². The van der Waals surface area contributed by atoms with Crippen molar-refractivity contribution in [2.24, 2.45) is 0 Å². The highest BCUT2D eigenvalue weighted by atomic mass is 16.1. The van der Waals surface area contributed by atoms with Gasteiger partial charge in [-0.1, -0.05) is 6.07 Å². The van der Waals surface area contributed by atoms with Crippen LogP contribution < -0.4 is 16.4 Å². The first-order valence-corrected chi connectivity index (χ1v) is 10.3. The van der Waals surface area contributed by atoms with Gasteiger partial charge in [0.15, 0.2) is 0 Å². The summed E-state index contributed by atoms with van der Waals surface area (Å²) in [6, 6.07) is 7.68. The molecule has 0 radical (unpaired) electrons. The van der Waals surface area contributed by atoms with E-state index in [0.29, 0.717) is 17.4 Å². The van der Waals surface area contributed by atoms with E-state index in [4.69, 9.17) is 10.7 Å². The Bertz CT molecular complexity index is 1200. The van der Waals surface area contributed by atoms with Gasteiger partial charge in [0, 0.05) is 11.6 Å². The standard InChI is InChI=1S/C22H26N8O/c1-12(27-19-15(10-23)18(24)25-11-26-19)20-28-16-7-5-6-14(21(31)29-22(2,3)4)17(16)30(20)13-8-9-13/h5-7,11-13H,8-9H2,1-4H3,(H,29,31)(H3,24,25,26,27). The predicted molar refractivity (Wildman–Crippen MR) is 118 cm³/mol. The Morgan fingerprint density at radius 1 is 1.32 bits per heavy atom. The molecule has 1 unspecified atom stereocenters. The molecule has 1 aliphatic carbocycles. The minimum Gasteiger partial charge on any atom is -0.382 e. The maximum absolute atomic E-state index is 13.0. The van der Waals surface area contributed by atoms with Crippen molar-refractivity contribution in [2.45, 2.75) is 58.2 Å². The van der Waals surface area contributed by atoms with Crippen molar-refractivity contribution in [3.05, 3.63) is 41.5 Å². The van der Waals surface area contributed by atoms with Gasteiger partial charge in [0.2, 0.25) is 0 Å². The molecule has 1 aliphatic rings. The number of nitrogen functional groups attached to an aromatic ring is 1. The van der Waals surface area contributed by atoms with Gasteiger partial charge < -0.3 is 20.9 Å². The summed E-state index contributed by atoms with van der Waals surface area (Å²) >= 11 is 0. The van der Waals surface area contributed by atoms with E-state index < -0.39 is 0 Å². The number of nitriles is 1. The number of rotatable bonds is 5. The molecular weight excluding hydrogens is 392 g/mol. The molecule has 1 fully saturated rings. The van der Waals surface area contributed by atoms with E-state index in [1.807, 2.05) is 45.9 Å². The second-order valence-electron chi connectivity index (χ2n) is 8.91. The average Bonchev–Trinajstić information content (AvgIpc) is 3.45. The fourth-order valence-electron chi connectivity index (χ4n) is 3.65. The molecule has 1 atom stereocenters. The zero-order valence-corrected chi connectivity index (χ0v) is 18.1. The van der Waals surface area contributed by atoms with Gasteiger partial charge >= 0.3 is 0 Å². The van der Waals surface area contributed by atoms with E-state index in [0.717, 1.165) is 29.7 Å². The predicted octanol–water partition coefficient (Wildman–Crippen LogP) is 3.32. The van der Waals surface area contributed by atoms with Gasteiger partial charge in [0.1, 0.15) is 35.4 Å². The minimum absolute atomic E-state index is 0.123. The molecule has 4 rings (SSSR count). The molecule has 1 saturated carbocycles. The van der Waals surface area contributed by atoms with Crippen LogP contribution in [0.4, 0.5) is 11.6 Å². The van der Waals surface area contributed by atoms with Crippen LogP contribution in [0.15, 0.2) is 24.5 Å². The van der Waals surface area contributed by atoms with Crippen LogP contribution >= 0.6 is 0 Å². The molecule has 1 amide bonds. The maximum Gasteiger partial charge on any atom is 0.253 e. The Hall–Kier alpha value is -3.67. The molecule has 9 heteroatoms. The summed E-state index contributed by atoms with van der Waals surface area (Å²) < 4.78 is 2.15. The Kier molecular flexibility index (Phi) is 5.01. The van der Waals surface area contributed by atoms with Crippen molar-refractivity contribution < 1.29 is 4.79 Å². The molecule has 9 nitrogen and oxygen atoms in total. The molecule has 160 valence electrons. The lowest BCUT2D eigenvalue weighted by molar-refractivity contribution is 0.0921. The number of nitrogens with two attached hydrogens (primary N) is 1. The Balaban J connectivity index is 1.78. The van der Waals surface area contributed by atoms with Gasteiger partial charge in [-0.3, -0.25) is 4.79 Å². The van der Waals surface area contributed by atoms with Crippen LogP contribution in [0.2, 0.25) is 0 Å². The van der Waals surface area contributed by atoms with Gasteiger partial charge in [-0.25, -0.2) is 15.0 Å². The van der Waals surface area contributed by atoms with Gasteiger partial charge in [-0.05, 0) is 52.7 Å². The summed E-state index contributed by atoms with van der Waals surface area (Å²) in [5.41, 5.74) is 7.88. The summed E-state index contributed by atoms with van der Waals surface area (Å²) in [6.45, 7) is 7.83. The van der Waals surface area contributed by atoms with Crippen LogP contribution in [-0.2, 0) is 0 Å². The van der Waals surface area contributed by atoms with Crippen molar-refractivity contribution in [2.75, 3.05) is 11.1 Å². The number of hydrogen-bond donors (Lipinski definition) is 3. The van der Waals surface area contributed by atoms with Gasteiger partial charge in [0.05, 0.1) is 22.6 Å². The van der Waals surface area contributed by atoms with E-state index in [9.17, 15) is 10.1 Å². The number of carbonyl (C=O) groups excluding carboxylic acids is 1. The first-order valence-electron chi connectivity index (χ1n) is 10.3. The molecule has 1 aromatic carbocycles. The number of nitrogens with one attached hydrogen (secondary N) is 2. The summed E-state index contributed by atoms with van der Waals surface area (Å²) in [5.74, 6) is 1.16. The van der Waals surface area contributed by atoms with Crippen LogP contribution in [0.5, 0.6) is 0 Å². The molecule has 0 bridgehead atoms. The number of carbonyl (C=O) groups is 1. The van der Waals surface area contributed by atoms with Crippen molar-refractivity contribution in [3.8, 4) is 6.07 Å². The highest BCUT2D eigenvalue weighted by Gasteiger charge is 2.32. The van der Waals surface area contributed by atoms with Crippen LogP contribution in [-0.4, -0.2) is 31.0 Å². The molecule has 4 N–H and O–H groups in total. The normalized spacial score (nSPS) is 14.8. The van der Waals surface area contributed by atoms with Crippen LogP contribution in [0, 0.1) is 11.3 Å². The first-order chi connectivity index (χ1) is 14.7. The SMILES string of the molecule is CC(Nc1ncnc(N)c1C#N)c1nc2cccc(C(=O)NC(C)(C)C)c2n1C1CC1. The third-order valence-corrected chi connectivity index (χ3v) is 5.11. The zero-order chi connectivity index (χ0) is 22.3. The third-order valence-electron chi connectivity index (χ3n) is 5.11. The number of nitrogens with zero attached hydrogens (tertiary/aromatic N) is 5. The number of fused-ring (bicyclic) bond motifs is 1. The molecular formula is C22H26N8O. The Morgan fingerprint density at radius 3 is 2.71 bits per heavy atom. The monoisotopic (exact) mass is 418 g/mol. The largest absolute Gasteiger partial charge is 0.382 e. The van der Waals surface area contributed by atoms with E-state index >= 15 is 0 Å². The first kappa shape index (κ1) is 20.6. The second kappa shape index (κ2) is 7.54. The van der Waals surface area contributed by atoms with Crippen LogP contribution in [0.1, 0.15) is 74.4 Å². The minimum atomic E-state index is -0.345. The van der Waals surface area contributed by atoms with E-state index in [1.54, 1.807) is 0 Å². The number of aromatic nitrogens is 4. The molecule has 0 spiro atoms. The second-order valence-corrected chi connectivity index (χ2v) is 8.91. The lowest BCUT2D eigenvalue weighted by Crippen LogP contribution is -2.40. The van der Waals surface area contributed by atoms with Gasteiger partial charge in [0.25, 0.3) is 5.91 Å². The zero-order valence-electron chi connectivity index (χ0n) is 18.1. The third kappa shape index (κ3) is 4.01. The lowest BCUT2D eigenvalue weighted by atomic mass is 10.1. The lowest BCUT2D eigenvalue weighted by Gasteiger charge is -2.21. The summed E-state index contributed by atoms with van der Waals surface area (Å²) in [5, 5.41) is 15.7. The smallest absolute Gasteiger partial charge is 0.253 e. The topological polar surface area (TPSA) is 135 Å². The highest BCUT2D eigenvalue weighted by Crippen LogP contribution is 2.41. The highest BCUT2D eigenvalue weighted by molar-refractivity contribution is 6.05. The van der Waals surface area contributed by atoms with Crippen molar-refractivity contribution >= 4 is 28.6 Å². The number of anilines is 2. The molecule has 0 aliphatic heterocycles. The van der Waals surface area contributed by atoms with Crippen LogP contribution in [0.3, 0.4) is 0 Å². The number of hydrogen-bond acceptors (Lipinski definition) is 7. The van der Waals surface area contributed by atoms with Crippen molar-refractivity contribution in [1.29, 1.82) is 5.26 Å². The molecule has 0 saturated heterocycles. The molecule has 2 heterocycles. The number of benzene rings is 1. The molecule has 31 heavy (non-hydrogen) atoms. The van der Waals surface area contributed by atoms with Crippen molar-refractivity contribution in [1.82, 2.24) is 24.8 Å². The Morgan fingerprint density at radius 2 is 2.06 bits per heavy atom. The number of imidazole rings is 1. The fraction of sp³-hybridized carbons (Fsp3) is 0.409. The number of amides is 1. The van der Waals surface area contributed by atoms with E-state index in [2.05, 4.69) is 31.2 Å². The van der Waals surface area contributed by atoms with E-state index in [1.165, 1.54) is 6.33 Å². The maximum atomic E-state index is 13.0.